The van der Waals surface area contributed by atoms with Crippen LogP contribution in [0.15, 0.2) is 24.4 Å². The highest BCUT2D eigenvalue weighted by Gasteiger charge is 2.29. The Hall–Kier alpha value is -1.85. The number of hydrogen-bond acceptors (Lipinski definition) is 4. The van der Waals surface area contributed by atoms with Gasteiger partial charge in [-0.1, -0.05) is 43.5 Å². The highest BCUT2D eigenvalue weighted by Crippen LogP contribution is 2.35. The zero-order valence-electron chi connectivity index (χ0n) is 14.9. The fourth-order valence-corrected chi connectivity index (χ4v) is 3.99. The van der Waals surface area contributed by atoms with Gasteiger partial charge in [0.15, 0.2) is 0 Å². The summed E-state index contributed by atoms with van der Waals surface area (Å²) in [5, 5.41) is 8.52. The molecule has 1 saturated heterocycles. The molecule has 3 aromatic rings. The van der Waals surface area contributed by atoms with E-state index in [1.54, 1.807) is 6.07 Å². The summed E-state index contributed by atoms with van der Waals surface area (Å²) in [6.45, 7) is 6.65. The number of fused-ring (bicyclic) bond motifs is 1. The minimum Gasteiger partial charge on any atom is -0.355 e. The number of hydrogen-bond donors (Lipinski definition) is 1. The molecule has 4 rings (SSSR count). The first-order chi connectivity index (χ1) is 12.5. The van der Waals surface area contributed by atoms with Crippen LogP contribution in [0.2, 0.25) is 10.0 Å². The van der Waals surface area contributed by atoms with Gasteiger partial charge in [0.25, 0.3) is 0 Å². The molecule has 1 aliphatic heterocycles. The first-order valence-corrected chi connectivity index (χ1v) is 9.65. The van der Waals surface area contributed by atoms with Crippen LogP contribution >= 0.6 is 23.2 Å². The summed E-state index contributed by atoms with van der Waals surface area (Å²) in [4.78, 5) is 11.6. The Morgan fingerprint density at radius 3 is 2.50 bits per heavy atom. The van der Waals surface area contributed by atoms with E-state index >= 15 is 0 Å². The minimum atomic E-state index is 0.444. The van der Waals surface area contributed by atoms with Crippen LogP contribution in [0.5, 0.6) is 0 Å². The predicted octanol–water partition coefficient (Wildman–Crippen LogP) is 5.34. The van der Waals surface area contributed by atoms with Crippen molar-refractivity contribution in [1.82, 2.24) is 20.2 Å². The fraction of sp³-hybridized carbons (Fsp3) is 0.421. The molecular formula is C19H21Cl2N5. The monoisotopic (exact) mass is 389 g/mol. The lowest BCUT2D eigenvalue weighted by Crippen LogP contribution is -2.38. The van der Waals surface area contributed by atoms with Gasteiger partial charge < -0.3 is 4.90 Å². The molecule has 2 aromatic heterocycles. The molecule has 1 fully saturated rings. The second-order valence-corrected chi connectivity index (χ2v) is 8.18. The van der Waals surface area contributed by atoms with Crippen LogP contribution in [0.1, 0.15) is 33.1 Å². The molecule has 136 valence electrons. The minimum absolute atomic E-state index is 0.444. The SMILES string of the molecule is CCC1(C)CCN(c2cnc3c(-c4cc(Cl)cc(Cl)c4)[nH]nc3n2)CC1. The Bertz CT molecular complexity index is 924. The van der Waals surface area contributed by atoms with E-state index in [4.69, 9.17) is 28.2 Å². The molecule has 1 N–H and O–H groups in total. The predicted molar refractivity (Wildman–Crippen MR) is 107 cm³/mol. The summed E-state index contributed by atoms with van der Waals surface area (Å²) >= 11 is 12.2. The van der Waals surface area contributed by atoms with Crippen LogP contribution in [-0.4, -0.2) is 33.3 Å². The molecule has 0 saturated carbocycles. The largest absolute Gasteiger partial charge is 0.355 e. The molecule has 0 unspecified atom stereocenters. The number of nitrogens with one attached hydrogen (secondary N) is 1. The molecule has 3 heterocycles. The molecule has 5 nitrogen and oxygen atoms in total. The molecule has 1 aromatic carbocycles. The van der Waals surface area contributed by atoms with Crippen LogP contribution in [0.25, 0.3) is 22.4 Å². The van der Waals surface area contributed by atoms with E-state index in [9.17, 15) is 0 Å². The smallest absolute Gasteiger partial charge is 0.202 e. The van der Waals surface area contributed by atoms with E-state index < -0.39 is 0 Å². The van der Waals surface area contributed by atoms with Crippen LogP contribution in [0.3, 0.4) is 0 Å². The molecule has 26 heavy (non-hydrogen) atoms. The normalized spacial score (nSPS) is 17.0. The number of aromatic nitrogens is 4. The maximum absolute atomic E-state index is 6.12. The third kappa shape index (κ3) is 3.26. The molecule has 0 radical (unpaired) electrons. The van der Waals surface area contributed by atoms with Crippen LogP contribution in [-0.2, 0) is 0 Å². The number of aromatic amines is 1. The Morgan fingerprint density at radius 2 is 1.85 bits per heavy atom. The van der Waals surface area contributed by atoms with E-state index in [0.717, 1.165) is 35.7 Å². The summed E-state index contributed by atoms with van der Waals surface area (Å²) < 4.78 is 0. The van der Waals surface area contributed by atoms with E-state index in [1.807, 2.05) is 18.3 Å². The molecule has 0 amide bonds. The van der Waals surface area contributed by atoms with Crippen molar-refractivity contribution in [3.63, 3.8) is 0 Å². The summed E-state index contributed by atoms with van der Waals surface area (Å²) in [5.74, 6) is 0.887. The Balaban J connectivity index is 1.64. The first-order valence-electron chi connectivity index (χ1n) is 8.90. The van der Waals surface area contributed by atoms with Gasteiger partial charge in [0.2, 0.25) is 5.65 Å². The number of halogens is 2. The quantitative estimate of drug-likeness (QED) is 0.656. The van der Waals surface area contributed by atoms with Gasteiger partial charge >= 0.3 is 0 Å². The van der Waals surface area contributed by atoms with Crippen molar-refractivity contribution in [3.05, 3.63) is 34.4 Å². The van der Waals surface area contributed by atoms with E-state index in [-0.39, 0.29) is 0 Å². The summed E-state index contributed by atoms with van der Waals surface area (Å²) in [6.07, 6.45) is 5.41. The number of H-pyrrole nitrogens is 1. The second kappa shape index (κ2) is 6.71. The lowest BCUT2D eigenvalue weighted by molar-refractivity contribution is 0.238. The van der Waals surface area contributed by atoms with Crippen LogP contribution < -0.4 is 4.90 Å². The van der Waals surface area contributed by atoms with Gasteiger partial charge in [0, 0.05) is 28.7 Å². The average Bonchev–Trinajstić information content (AvgIpc) is 3.05. The van der Waals surface area contributed by atoms with Crippen molar-refractivity contribution in [2.75, 3.05) is 18.0 Å². The Morgan fingerprint density at radius 1 is 1.15 bits per heavy atom. The first kappa shape index (κ1) is 17.6. The van der Waals surface area contributed by atoms with Crippen molar-refractivity contribution in [1.29, 1.82) is 0 Å². The van der Waals surface area contributed by atoms with Crippen LogP contribution in [0.4, 0.5) is 5.82 Å². The van der Waals surface area contributed by atoms with Crippen molar-refractivity contribution in [2.45, 2.75) is 33.1 Å². The lowest BCUT2D eigenvalue weighted by Gasteiger charge is -2.39. The van der Waals surface area contributed by atoms with Gasteiger partial charge in [-0.15, -0.1) is 0 Å². The standard InChI is InChI=1S/C19H21Cl2N5/c1-3-19(2)4-6-26(7-5-19)15-11-22-17-16(24-25-18(17)23-15)12-8-13(20)10-14(21)9-12/h8-11H,3-7H2,1-2H3,(H,23,24,25). The molecule has 1 aliphatic rings. The van der Waals surface area contributed by atoms with Gasteiger partial charge in [-0.25, -0.2) is 9.97 Å². The number of nitrogens with zero attached hydrogens (tertiary/aromatic N) is 4. The van der Waals surface area contributed by atoms with E-state index in [1.165, 1.54) is 19.3 Å². The van der Waals surface area contributed by atoms with Crippen molar-refractivity contribution < 1.29 is 0 Å². The van der Waals surface area contributed by atoms with Gasteiger partial charge in [-0.2, -0.15) is 5.10 Å². The van der Waals surface area contributed by atoms with E-state index in [0.29, 0.717) is 21.1 Å². The Kier molecular flexibility index (Phi) is 4.53. The zero-order chi connectivity index (χ0) is 18.3. The van der Waals surface area contributed by atoms with E-state index in [2.05, 4.69) is 33.9 Å². The number of piperidine rings is 1. The third-order valence-electron chi connectivity index (χ3n) is 5.55. The molecule has 0 atom stereocenters. The second-order valence-electron chi connectivity index (χ2n) is 7.31. The maximum atomic E-state index is 6.12. The van der Waals surface area contributed by atoms with Crippen LogP contribution in [0, 0.1) is 5.41 Å². The number of anilines is 1. The lowest BCUT2D eigenvalue weighted by atomic mass is 9.78. The van der Waals surface area contributed by atoms with Crippen molar-refractivity contribution >= 4 is 40.2 Å². The molecular weight excluding hydrogens is 369 g/mol. The van der Waals surface area contributed by atoms with Gasteiger partial charge in [-0.3, -0.25) is 5.10 Å². The van der Waals surface area contributed by atoms with Crippen molar-refractivity contribution in [3.8, 4) is 11.3 Å². The Labute approximate surface area is 162 Å². The summed E-state index contributed by atoms with van der Waals surface area (Å²) in [5.41, 5.74) is 3.41. The fourth-order valence-electron chi connectivity index (χ4n) is 3.47. The molecule has 0 spiro atoms. The highest BCUT2D eigenvalue weighted by molar-refractivity contribution is 6.35. The number of rotatable bonds is 3. The average molecular weight is 390 g/mol. The molecule has 0 aliphatic carbocycles. The maximum Gasteiger partial charge on any atom is 0.202 e. The van der Waals surface area contributed by atoms with Gasteiger partial charge in [0.05, 0.1) is 11.9 Å². The zero-order valence-corrected chi connectivity index (χ0v) is 16.4. The third-order valence-corrected chi connectivity index (χ3v) is 5.99. The highest BCUT2D eigenvalue weighted by atomic mass is 35.5. The topological polar surface area (TPSA) is 57.7 Å². The summed E-state index contributed by atoms with van der Waals surface area (Å²) in [7, 11) is 0. The molecule has 0 bridgehead atoms. The van der Waals surface area contributed by atoms with Gasteiger partial charge in [0.1, 0.15) is 11.3 Å². The molecule has 7 heteroatoms. The number of benzene rings is 1. The van der Waals surface area contributed by atoms with Gasteiger partial charge in [-0.05, 0) is 36.5 Å². The van der Waals surface area contributed by atoms with Crippen molar-refractivity contribution in [2.24, 2.45) is 5.41 Å². The summed E-state index contributed by atoms with van der Waals surface area (Å²) in [6, 6.07) is 5.38.